The van der Waals surface area contributed by atoms with E-state index in [1.54, 1.807) is 36.4 Å². The van der Waals surface area contributed by atoms with Gasteiger partial charge in [-0.15, -0.1) is 11.6 Å². The zero-order chi connectivity index (χ0) is 38.2. The maximum atomic E-state index is 13.3. The molecule has 0 aliphatic carbocycles. The number of piperidine rings is 1. The Morgan fingerprint density at radius 1 is 0.815 bits per heavy atom. The standard InChI is InChI=1S/C41H39ClN4O8/c42-21-20-31(25-6-12-28(47)13-7-25)37(26-8-14-29(48)15-9-26)27-10-16-30(17-11-27)54-24-23-44-35(49)5-2-22-43-33-4-1-3-32-38(33)41(53)46(40(32)52)34-18-19-36(50)45-39(34)51/h1,3-4,6-17,34,43,47-48H,2,5,18-24H2,(H,44,49)(H,45,50,51). The number of hydrogen-bond donors (Lipinski definition) is 5. The highest BCUT2D eigenvalue weighted by molar-refractivity contribution is 6.25. The van der Waals surface area contributed by atoms with Crippen LogP contribution in [0.15, 0.2) is 91.0 Å². The maximum absolute atomic E-state index is 13.3. The topological polar surface area (TPSA) is 174 Å². The molecule has 1 unspecified atom stereocenters. The third-order valence-corrected chi connectivity index (χ3v) is 9.41. The second-order valence-corrected chi connectivity index (χ2v) is 13.2. The molecule has 4 aromatic carbocycles. The summed E-state index contributed by atoms with van der Waals surface area (Å²) in [4.78, 5) is 63.7. The molecule has 1 fully saturated rings. The molecule has 6 rings (SSSR count). The van der Waals surface area contributed by atoms with Crippen molar-refractivity contribution in [1.29, 1.82) is 0 Å². The van der Waals surface area contributed by atoms with E-state index in [-0.39, 0.29) is 60.9 Å². The van der Waals surface area contributed by atoms with Gasteiger partial charge in [0.25, 0.3) is 11.8 Å². The summed E-state index contributed by atoms with van der Waals surface area (Å²) in [6, 6.07) is 25.3. The van der Waals surface area contributed by atoms with Crippen molar-refractivity contribution < 1.29 is 38.9 Å². The van der Waals surface area contributed by atoms with Gasteiger partial charge >= 0.3 is 0 Å². The molecule has 2 aliphatic heterocycles. The summed E-state index contributed by atoms with van der Waals surface area (Å²) in [6.45, 7) is 0.879. The molecule has 278 valence electrons. The second-order valence-electron chi connectivity index (χ2n) is 12.8. The number of nitrogens with one attached hydrogen (secondary N) is 3. The Labute approximate surface area is 316 Å². The fraction of sp³-hybridized carbons (Fsp3) is 0.244. The molecule has 2 aliphatic rings. The number of phenolic OH excluding ortho intramolecular Hbond substituents is 2. The number of allylic oxidation sites excluding steroid dienone is 1. The number of carbonyl (C=O) groups is 5. The minimum atomic E-state index is -1.05. The number of hydrogen-bond acceptors (Lipinski definition) is 9. The van der Waals surface area contributed by atoms with E-state index >= 15 is 0 Å². The fourth-order valence-electron chi connectivity index (χ4n) is 6.61. The molecule has 0 spiro atoms. The molecule has 4 aromatic rings. The van der Waals surface area contributed by atoms with Crippen LogP contribution >= 0.6 is 11.6 Å². The highest BCUT2D eigenvalue weighted by Crippen LogP contribution is 2.37. The molecule has 1 atom stereocenters. The molecule has 12 nitrogen and oxygen atoms in total. The van der Waals surface area contributed by atoms with Crippen molar-refractivity contribution in [2.45, 2.75) is 38.1 Å². The summed E-state index contributed by atoms with van der Waals surface area (Å²) in [5.41, 5.74) is 5.41. The van der Waals surface area contributed by atoms with Crippen LogP contribution in [-0.4, -0.2) is 76.3 Å². The van der Waals surface area contributed by atoms with Gasteiger partial charge in [0.1, 0.15) is 29.9 Å². The van der Waals surface area contributed by atoms with Crippen LogP contribution < -0.4 is 20.7 Å². The first-order chi connectivity index (χ1) is 26.1. The Hall–Kier alpha value is -6.14. The van der Waals surface area contributed by atoms with Gasteiger partial charge in [-0.2, -0.15) is 0 Å². The molecule has 5 amide bonds. The van der Waals surface area contributed by atoms with Gasteiger partial charge < -0.3 is 25.6 Å². The molecule has 0 radical (unpaired) electrons. The van der Waals surface area contributed by atoms with Gasteiger partial charge in [-0.25, -0.2) is 0 Å². The molecule has 54 heavy (non-hydrogen) atoms. The number of carbonyl (C=O) groups excluding carboxylic acids is 5. The number of benzene rings is 4. The van der Waals surface area contributed by atoms with Crippen LogP contribution in [0.1, 0.15) is 69.5 Å². The minimum Gasteiger partial charge on any atom is -0.508 e. The lowest BCUT2D eigenvalue weighted by Gasteiger charge is -2.27. The van der Waals surface area contributed by atoms with Crippen LogP contribution in [-0.2, 0) is 14.4 Å². The average Bonchev–Trinajstić information content (AvgIpc) is 3.42. The van der Waals surface area contributed by atoms with Crippen LogP contribution in [0.4, 0.5) is 5.69 Å². The zero-order valence-corrected chi connectivity index (χ0v) is 30.0. The summed E-state index contributed by atoms with van der Waals surface area (Å²) in [5, 5.41) is 28.0. The monoisotopic (exact) mass is 750 g/mol. The zero-order valence-electron chi connectivity index (χ0n) is 29.3. The van der Waals surface area contributed by atoms with Crippen molar-refractivity contribution in [1.82, 2.24) is 15.5 Å². The van der Waals surface area contributed by atoms with Crippen LogP contribution in [0.2, 0.25) is 0 Å². The number of alkyl halides is 1. The van der Waals surface area contributed by atoms with Gasteiger partial charge in [0.15, 0.2) is 0 Å². The van der Waals surface area contributed by atoms with Gasteiger partial charge in [0.2, 0.25) is 17.7 Å². The summed E-state index contributed by atoms with van der Waals surface area (Å²) < 4.78 is 5.90. The highest BCUT2D eigenvalue weighted by Gasteiger charge is 2.45. The molecule has 0 saturated carbocycles. The lowest BCUT2D eigenvalue weighted by molar-refractivity contribution is -0.136. The third-order valence-electron chi connectivity index (χ3n) is 9.22. The highest BCUT2D eigenvalue weighted by atomic mass is 35.5. The Kier molecular flexibility index (Phi) is 11.9. The molecule has 5 N–H and O–H groups in total. The van der Waals surface area contributed by atoms with Crippen molar-refractivity contribution >= 4 is 58.0 Å². The third kappa shape index (κ3) is 8.56. The van der Waals surface area contributed by atoms with Crippen molar-refractivity contribution in [2.24, 2.45) is 0 Å². The van der Waals surface area contributed by atoms with E-state index in [2.05, 4.69) is 16.0 Å². The molecule has 0 bridgehead atoms. The predicted octanol–water partition coefficient (Wildman–Crippen LogP) is 5.47. The predicted molar refractivity (Wildman–Crippen MR) is 203 cm³/mol. The summed E-state index contributed by atoms with van der Waals surface area (Å²) in [5.74, 6) is -1.14. The maximum Gasteiger partial charge on any atom is 0.264 e. The largest absolute Gasteiger partial charge is 0.508 e. The van der Waals surface area contributed by atoms with Crippen LogP contribution in [0.5, 0.6) is 17.2 Å². The molecular weight excluding hydrogens is 712 g/mol. The number of amides is 5. The number of anilines is 1. The number of imide groups is 2. The van der Waals surface area contributed by atoms with Gasteiger partial charge in [-0.05, 0) is 95.6 Å². The molecule has 2 heterocycles. The average molecular weight is 751 g/mol. The van der Waals surface area contributed by atoms with E-state index in [1.807, 2.05) is 48.5 Å². The van der Waals surface area contributed by atoms with Crippen molar-refractivity contribution in [3.63, 3.8) is 0 Å². The number of ether oxygens (including phenoxy) is 1. The van der Waals surface area contributed by atoms with Crippen molar-refractivity contribution in [3.8, 4) is 17.2 Å². The van der Waals surface area contributed by atoms with E-state index < -0.39 is 29.7 Å². The lowest BCUT2D eigenvalue weighted by atomic mass is 9.88. The number of halogens is 1. The van der Waals surface area contributed by atoms with Gasteiger partial charge in [-0.3, -0.25) is 34.2 Å². The molecular formula is C41H39ClN4O8. The number of rotatable bonds is 15. The van der Waals surface area contributed by atoms with E-state index in [0.29, 0.717) is 36.7 Å². The first kappa shape index (κ1) is 37.6. The van der Waals surface area contributed by atoms with Crippen LogP contribution in [0, 0.1) is 0 Å². The Bertz CT molecular complexity index is 2080. The number of phenols is 2. The number of nitrogens with zero attached hydrogens (tertiary/aromatic N) is 1. The van der Waals surface area contributed by atoms with Crippen LogP contribution in [0.3, 0.4) is 0 Å². The second kappa shape index (κ2) is 17.1. The SMILES string of the molecule is O=C(CCCNc1cccc2c1C(=O)N(C1CCC(=O)NC1=O)C2=O)NCCOc1ccc(C(=C(CCCl)c2ccc(O)cc2)c2ccc(O)cc2)cc1. The van der Waals surface area contributed by atoms with E-state index in [0.717, 1.165) is 32.7 Å². The lowest BCUT2D eigenvalue weighted by Crippen LogP contribution is -2.54. The van der Waals surface area contributed by atoms with Gasteiger partial charge in [-0.1, -0.05) is 42.5 Å². The van der Waals surface area contributed by atoms with E-state index in [4.69, 9.17) is 16.3 Å². The van der Waals surface area contributed by atoms with E-state index in [1.165, 1.54) is 6.07 Å². The number of aromatic hydroxyl groups is 2. The number of fused-ring (bicyclic) bond motifs is 1. The quantitative estimate of drug-likeness (QED) is 0.0457. The Morgan fingerprint density at radius 3 is 2.11 bits per heavy atom. The minimum absolute atomic E-state index is 0.0398. The van der Waals surface area contributed by atoms with Crippen molar-refractivity contribution in [3.05, 3.63) is 119 Å². The first-order valence-electron chi connectivity index (χ1n) is 17.6. The van der Waals surface area contributed by atoms with Crippen LogP contribution in [0.25, 0.3) is 11.1 Å². The smallest absolute Gasteiger partial charge is 0.264 e. The van der Waals surface area contributed by atoms with Gasteiger partial charge in [0.05, 0.1) is 17.7 Å². The fourth-order valence-corrected chi connectivity index (χ4v) is 6.80. The summed E-state index contributed by atoms with van der Waals surface area (Å²) in [7, 11) is 0. The van der Waals surface area contributed by atoms with Crippen molar-refractivity contribution in [2.75, 3.05) is 30.9 Å². The summed E-state index contributed by atoms with van der Waals surface area (Å²) in [6.07, 6.45) is 1.34. The van der Waals surface area contributed by atoms with E-state index in [9.17, 15) is 34.2 Å². The Balaban J connectivity index is 0.995. The molecule has 13 heteroatoms. The summed E-state index contributed by atoms with van der Waals surface area (Å²) >= 11 is 6.25. The first-order valence-corrected chi connectivity index (χ1v) is 18.1. The van der Waals surface area contributed by atoms with Gasteiger partial charge in [0, 0.05) is 31.0 Å². The Morgan fingerprint density at radius 2 is 1.46 bits per heavy atom. The molecule has 1 saturated heterocycles. The molecule has 0 aromatic heterocycles. The normalized spacial score (nSPS) is 15.7.